The monoisotopic (exact) mass is 288 g/mol. The van der Waals surface area contributed by atoms with Gasteiger partial charge in [0.25, 0.3) is 0 Å². The molecule has 0 N–H and O–H groups in total. The fraction of sp³-hybridized carbons (Fsp3) is 0.125. The Morgan fingerprint density at radius 3 is 1.79 bits per heavy atom. The molecule has 98 valence electrons. The van der Waals surface area contributed by atoms with Gasteiger partial charge in [0, 0.05) is 0 Å². The van der Waals surface area contributed by atoms with Crippen molar-refractivity contribution in [1.82, 2.24) is 0 Å². The fourth-order valence-corrected chi connectivity index (χ4v) is 5.13. The summed E-state index contributed by atoms with van der Waals surface area (Å²) in [4.78, 5) is 0. The highest BCUT2D eigenvalue weighted by Crippen LogP contribution is 2.13. The summed E-state index contributed by atoms with van der Waals surface area (Å²) in [5.41, 5.74) is 0.976. The summed E-state index contributed by atoms with van der Waals surface area (Å²) in [5, 5.41) is 2.12. The van der Waals surface area contributed by atoms with Crippen LogP contribution in [0.15, 0.2) is 72.8 Å². The standard InChI is InChI=1S/C16H17ClOSi/c1-14(2)13-18-19(17,15-9-5-3-6-10-15)16-11-7-4-8-12-16/h3-12H,1,13H2,2H3. The molecule has 0 aliphatic rings. The van der Waals surface area contributed by atoms with Crippen LogP contribution in [0.5, 0.6) is 0 Å². The average Bonchev–Trinajstić information content (AvgIpc) is 2.46. The maximum absolute atomic E-state index is 6.91. The highest BCUT2D eigenvalue weighted by molar-refractivity contribution is 7.30. The van der Waals surface area contributed by atoms with Gasteiger partial charge in [0.05, 0.1) is 6.61 Å². The zero-order valence-electron chi connectivity index (χ0n) is 11.0. The molecule has 2 aromatic rings. The lowest BCUT2D eigenvalue weighted by molar-refractivity contribution is 0.365. The molecule has 0 bridgehead atoms. The van der Waals surface area contributed by atoms with E-state index in [-0.39, 0.29) is 0 Å². The maximum Gasteiger partial charge on any atom is 0.355 e. The Hall–Kier alpha value is -1.35. The van der Waals surface area contributed by atoms with Gasteiger partial charge in [0.1, 0.15) is 0 Å². The van der Waals surface area contributed by atoms with Crippen molar-refractivity contribution in [2.45, 2.75) is 6.92 Å². The second-order valence-corrected chi connectivity index (χ2v) is 8.80. The van der Waals surface area contributed by atoms with E-state index >= 15 is 0 Å². The second-order valence-electron chi connectivity index (χ2n) is 4.57. The minimum Gasteiger partial charge on any atom is -0.393 e. The van der Waals surface area contributed by atoms with Crippen molar-refractivity contribution >= 4 is 29.1 Å². The van der Waals surface area contributed by atoms with Gasteiger partial charge in [-0.25, -0.2) is 0 Å². The minimum absolute atomic E-state index is 0.486. The molecule has 0 heterocycles. The first-order valence-electron chi connectivity index (χ1n) is 6.21. The number of hydrogen-bond donors (Lipinski definition) is 0. The first-order valence-corrected chi connectivity index (χ1v) is 9.13. The first kappa shape index (κ1) is 14.1. The molecule has 0 saturated carbocycles. The largest absolute Gasteiger partial charge is 0.393 e. The van der Waals surface area contributed by atoms with Crippen molar-refractivity contribution in [3.63, 3.8) is 0 Å². The molecule has 2 aromatic carbocycles. The Bertz CT molecular complexity index is 500. The topological polar surface area (TPSA) is 9.23 Å². The summed E-state index contributed by atoms with van der Waals surface area (Å²) < 4.78 is 6.07. The van der Waals surface area contributed by atoms with Crippen LogP contribution in [0.2, 0.25) is 0 Å². The van der Waals surface area contributed by atoms with E-state index in [0.717, 1.165) is 15.9 Å². The van der Waals surface area contributed by atoms with E-state index in [2.05, 4.69) is 6.58 Å². The first-order chi connectivity index (χ1) is 9.13. The molecule has 0 fully saturated rings. The Balaban J connectivity index is 2.41. The Labute approximate surface area is 120 Å². The van der Waals surface area contributed by atoms with Gasteiger partial charge >= 0.3 is 7.63 Å². The lowest BCUT2D eigenvalue weighted by Crippen LogP contribution is -2.56. The molecule has 0 aromatic heterocycles. The molecule has 0 aliphatic heterocycles. The molecule has 0 amide bonds. The van der Waals surface area contributed by atoms with Gasteiger partial charge in [-0.3, -0.25) is 0 Å². The summed E-state index contributed by atoms with van der Waals surface area (Å²) in [6.45, 7) is 6.32. The lowest BCUT2D eigenvalue weighted by Gasteiger charge is -2.25. The van der Waals surface area contributed by atoms with Crippen molar-refractivity contribution in [3.8, 4) is 0 Å². The third-order valence-corrected chi connectivity index (χ3v) is 7.14. The van der Waals surface area contributed by atoms with Crippen LogP contribution in [-0.2, 0) is 4.43 Å². The van der Waals surface area contributed by atoms with Crippen molar-refractivity contribution in [1.29, 1.82) is 0 Å². The van der Waals surface area contributed by atoms with Crippen molar-refractivity contribution in [2.24, 2.45) is 0 Å². The van der Waals surface area contributed by atoms with E-state index in [0.29, 0.717) is 6.61 Å². The predicted octanol–water partition coefficient (Wildman–Crippen LogP) is 3.07. The summed E-state index contributed by atoms with van der Waals surface area (Å²) in [5.74, 6) is 0. The second kappa shape index (κ2) is 6.20. The number of rotatable bonds is 5. The Morgan fingerprint density at radius 1 is 1.00 bits per heavy atom. The summed E-state index contributed by atoms with van der Waals surface area (Å²) in [6, 6.07) is 20.1. The molecule has 19 heavy (non-hydrogen) atoms. The Morgan fingerprint density at radius 2 is 1.42 bits per heavy atom. The van der Waals surface area contributed by atoms with Gasteiger partial charge in [-0.2, -0.15) is 0 Å². The maximum atomic E-state index is 6.91. The number of benzene rings is 2. The number of halogens is 1. The molecule has 0 saturated heterocycles. The van der Waals surface area contributed by atoms with Gasteiger partial charge in [0.15, 0.2) is 0 Å². The third kappa shape index (κ3) is 3.35. The molecule has 1 nitrogen and oxygen atoms in total. The highest BCUT2D eigenvalue weighted by atomic mass is 35.6. The zero-order valence-corrected chi connectivity index (χ0v) is 12.7. The Kier molecular flexibility index (Phi) is 4.59. The zero-order chi connectivity index (χ0) is 13.7. The summed E-state index contributed by atoms with van der Waals surface area (Å²) >= 11 is 6.91. The predicted molar refractivity (Wildman–Crippen MR) is 84.5 cm³/mol. The van der Waals surface area contributed by atoms with Crippen LogP contribution in [0.3, 0.4) is 0 Å². The van der Waals surface area contributed by atoms with Crippen LogP contribution in [0.1, 0.15) is 6.92 Å². The average molecular weight is 289 g/mol. The van der Waals surface area contributed by atoms with Crippen LogP contribution in [0.4, 0.5) is 0 Å². The van der Waals surface area contributed by atoms with Crippen LogP contribution >= 0.6 is 11.1 Å². The summed E-state index contributed by atoms with van der Waals surface area (Å²) in [7, 11) is -2.65. The van der Waals surface area contributed by atoms with Crippen molar-refractivity contribution in [3.05, 3.63) is 72.8 Å². The van der Waals surface area contributed by atoms with Gasteiger partial charge in [-0.15, -0.1) is 11.1 Å². The molecule has 0 radical (unpaired) electrons. The van der Waals surface area contributed by atoms with Gasteiger partial charge in [-0.1, -0.05) is 72.8 Å². The van der Waals surface area contributed by atoms with Gasteiger partial charge in [-0.05, 0) is 17.3 Å². The molecule has 2 rings (SSSR count). The molecule has 0 spiro atoms. The molecule has 0 unspecified atom stereocenters. The van der Waals surface area contributed by atoms with Crippen LogP contribution < -0.4 is 10.4 Å². The minimum atomic E-state index is -2.65. The van der Waals surface area contributed by atoms with Crippen LogP contribution in [-0.4, -0.2) is 14.2 Å². The molecule has 0 atom stereocenters. The smallest absolute Gasteiger partial charge is 0.355 e. The van der Waals surface area contributed by atoms with E-state index in [1.165, 1.54) is 0 Å². The van der Waals surface area contributed by atoms with Crippen LogP contribution in [0.25, 0.3) is 0 Å². The molecule has 0 aliphatic carbocycles. The van der Waals surface area contributed by atoms with E-state index in [9.17, 15) is 0 Å². The normalized spacial score (nSPS) is 11.3. The quantitative estimate of drug-likeness (QED) is 0.467. The molecule has 3 heteroatoms. The van der Waals surface area contributed by atoms with Gasteiger partial charge in [0.2, 0.25) is 0 Å². The van der Waals surface area contributed by atoms with E-state index in [4.69, 9.17) is 15.5 Å². The fourth-order valence-electron chi connectivity index (χ4n) is 1.86. The molecular weight excluding hydrogens is 272 g/mol. The molecular formula is C16H17ClOSi. The van der Waals surface area contributed by atoms with E-state index in [1.54, 1.807) is 0 Å². The van der Waals surface area contributed by atoms with Crippen molar-refractivity contribution in [2.75, 3.05) is 6.61 Å². The van der Waals surface area contributed by atoms with Gasteiger partial charge < -0.3 is 4.43 Å². The van der Waals surface area contributed by atoms with E-state index < -0.39 is 7.63 Å². The SMILES string of the molecule is C=C(C)CO[Si](Cl)(c1ccccc1)c1ccccc1. The third-order valence-electron chi connectivity index (χ3n) is 2.81. The van der Waals surface area contributed by atoms with E-state index in [1.807, 2.05) is 67.6 Å². The van der Waals surface area contributed by atoms with Crippen LogP contribution in [0, 0.1) is 0 Å². The lowest BCUT2D eigenvalue weighted by atomic mass is 10.4. The number of hydrogen-bond acceptors (Lipinski definition) is 1. The summed E-state index contributed by atoms with van der Waals surface area (Å²) in [6.07, 6.45) is 0. The highest BCUT2D eigenvalue weighted by Gasteiger charge is 2.37. The van der Waals surface area contributed by atoms with Crippen molar-refractivity contribution < 1.29 is 4.43 Å².